The van der Waals surface area contributed by atoms with Crippen LogP contribution in [0, 0.1) is 0 Å². The van der Waals surface area contributed by atoms with Crippen molar-refractivity contribution >= 4 is 0 Å². The van der Waals surface area contributed by atoms with E-state index in [1.807, 2.05) is 0 Å². The lowest BCUT2D eigenvalue weighted by Crippen LogP contribution is -2.34. The van der Waals surface area contributed by atoms with Crippen LogP contribution in [0.2, 0.25) is 0 Å². The highest BCUT2D eigenvalue weighted by molar-refractivity contribution is 5.26. The minimum absolute atomic E-state index is 0.614. The Balaban J connectivity index is 2.02. The Morgan fingerprint density at radius 1 is 1.29 bits per heavy atom. The molecule has 1 aliphatic rings. The highest BCUT2D eigenvalue weighted by Crippen LogP contribution is 2.22. The van der Waals surface area contributed by atoms with Crippen molar-refractivity contribution in [3.63, 3.8) is 0 Å². The van der Waals surface area contributed by atoms with Gasteiger partial charge in [-0.25, -0.2) is 0 Å². The summed E-state index contributed by atoms with van der Waals surface area (Å²) < 4.78 is 0. The van der Waals surface area contributed by atoms with Gasteiger partial charge in [-0.15, -0.1) is 0 Å². The van der Waals surface area contributed by atoms with E-state index >= 15 is 0 Å². The minimum atomic E-state index is 0.614. The van der Waals surface area contributed by atoms with Crippen LogP contribution in [0.4, 0.5) is 0 Å². The predicted octanol–water partition coefficient (Wildman–Crippen LogP) is 1.78. The Kier molecular flexibility index (Phi) is 2.85. The summed E-state index contributed by atoms with van der Waals surface area (Å²) >= 11 is 0. The number of nitrogens with one attached hydrogen (secondary N) is 1. The first-order valence-corrected chi connectivity index (χ1v) is 5.22. The maximum atomic E-state index is 3.41. The summed E-state index contributed by atoms with van der Waals surface area (Å²) in [7, 11) is 4.20. The maximum Gasteiger partial charge on any atom is 0.0332 e. The molecule has 1 heterocycles. The molecular formula is C12H18N2. The zero-order valence-electron chi connectivity index (χ0n) is 8.96. The Hall–Kier alpha value is -0.860. The third-order valence-corrected chi connectivity index (χ3v) is 2.70. The van der Waals surface area contributed by atoms with Crippen molar-refractivity contribution in [1.82, 2.24) is 10.2 Å². The number of rotatable bonds is 3. The van der Waals surface area contributed by atoms with E-state index in [0.717, 1.165) is 6.54 Å². The van der Waals surface area contributed by atoms with Crippen LogP contribution in [0.1, 0.15) is 23.6 Å². The molecule has 0 aliphatic carbocycles. The van der Waals surface area contributed by atoms with Gasteiger partial charge in [-0.3, -0.25) is 0 Å². The molecule has 0 aromatic heterocycles. The molecule has 1 aromatic rings. The highest BCUT2D eigenvalue weighted by Gasteiger charge is 2.17. The largest absolute Gasteiger partial charge is 0.310 e. The Morgan fingerprint density at radius 3 is 2.36 bits per heavy atom. The second-order valence-corrected chi connectivity index (χ2v) is 4.27. The second-order valence-electron chi connectivity index (χ2n) is 4.27. The number of hydrogen-bond acceptors (Lipinski definition) is 2. The van der Waals surface area contributed by atoms with Crippen LogP contribution in [0.3, 0.4) is 0 Å². The fourth-order valence-electron chi connectivity index (χ4n) is 1.79. The quantitative estimate of drug-likeness (QED) is 0.781. The molecule has 1 N–H and O–H groups in total. The second kappa shape index (κ2) is 4.11. The molecule has 1 fully saturated rings. The summed E-state index contributed by atoms with van der Waals surface area (Å²) in [5.74, 6) is 0. The van der Waals surface area contributed by atoms with E-state index in [-0.39, 0.29) is 0 Å². The van der Waals surface area contributed by atoms with Crippen molar-refractivity contribution in [3.8, 4) is 0 Å². The van der Waals surface area contributed by atoms with E-state index in [1.54, 1.807) is 0 Å². The molecule has 1 atom stereocenters. The third kappa shape index (κ3) is 2.14. The molecule has 2 heteroatoms. The average Bonchev–Trinajstić information content (AvgIpc) is 2.04. The fourth-order valence-corrected chi connectivity index (χ4v) is 1.79. The van der Waals surface area contributed by atoms with Crippen molar-refractivity contribution in [2.24, 2.45) is 0 Å². The van der Waals surface area contributed by atoms with Crippen molar-refractivity contribution in [2.45, 2.75) is 19.0 Å². The van der Waals surface area contributed by atoms with Gasteiger partial charge in [-0.2, -0.15) is 0 Å². The van der Waals surface area contributed by atoms with Crippen LogP contribution < -0.4 is 5.32 Å². The molecule has 1 saturated heterocycles. The van der Waals surface area contributed by atoms with Crippen molar-refractivity contribution < 1.29 is 0 Å². The summed E-state index contributed by atoms with van der Waals surface area (Å²) in [6.07, 6.45) is 1.28. The summed E-state index contributed by atoms with van der Waals surface area (Å²) in [5.41, 5.74) is 2.82. The molecule has 1 unspecified atom stereocenters. The van der Waals surface area contributed by atoms with Gasteiger partial charge in [0.2, 0.25) is 0 Å². The Morgan fingerprint density at radius 2 is 1.93 bits per heavy atom. The topological polar surface area (TPSA) is 15.3 Å². The summed E-state index contributed by atoms with van der Waals surface area (Å²) in [6.45, 7) is 2.20. The number of benzene rings is 1. The zero-order valence-corrected chi connectivity index (χ0v) is 8.96. The van der Waals surface area contributed by atoms with Gasteiger partial charge in [0, 0.05) is 12.6 Å². The van der Waals surface area contributed by atoms with Crippen LogP contribution in [0.5, 0.6) is 0 Å². The lowest BCUT2D eigenvalue weighted by molar-refractivity contribution is 0.382. The summed E-state index contributed by atoms with van der Waals surface area (Å²) in [6, 6.07) is 9.57. The molecule has 1 aromatic carbocycles. The third-order valence-electron chi connectivity index (χ3n) is 2.70. The lowest BCUT2D eigenvalue weighted by atomic mass is 9.97. The van der Waals surface area contributed by atoms with Crippen LogP contribution in [-0.2, 0) is 6.54 Å². The number of nitrogens with zero attached hydrogens (tertiary/aromatic N) is 1. The molecule has 14 heavy (non-hydrogen) atoms. The minimum Gasteiger partial charge on any atom is -0.310 e. The zero-order chi connectivity index (χ0) is 9.97. The van der Waals surface area contributed by atoms with Gasteiger partial charge in [-0.05, 0) is 38.2 Å². The molecule has 0 amide bonds. The van der Waals surface area contributed by atoms with E-state index in [9.17, 15) is 0 Å². The van der Waals surface area contributed by atoms with Crippen molar-refractivity contribution in [2.75, 3.05) is 20.6 Å². The summed E-state index contributed by atoms with van der Waals surface area (Å²) in [5, 5.41) is 3.41. The van der Waals surface area contributed by atoms with Crippen LogP contribution in [-0.4, -0.2) is 25.5 Å². The van der Waals surface area contributed by atoms with Gasteiger partial charge < -0.3 is 10.2 Å². The molecule has 2 rings (SSSR count). The van der Waals surface area contributed by atoms with Gasteiger partial charge in [0.15, 0.2) is 0 Å². The molecular weight excluding hydrogens is 172 g/mol. The molecule has 0 saturated carbocycles. The first-order chi connectivity index (χ1) is 6.75. The van der Waals surface area contributed by atoms with E-state index in [0.29, 0.717) is 6.04 Å². The first-order valence-electron chi connectivity index (χ1n) is 5.22. The molecule has 0 bridgehead atoms. The molecule has 0 spiro atoms. The van der Waals surface area contributed by atoms with E-state index in [4.69, 9.17) is 0 Å². The Labute approximate surface area is 85.9 Å². The van der Waals surface area contributed by atoms with Crippen molar-refractivity contribution in [1.29, 1.82) is 0 Å². The smallest absolute Gasteiger partial charge is 0.0332 e. The number of hydrogen-bond donors (Lipinski definition) is 1. The maximum absolute atomic E-state index is 3.41. The fraction of sp³-hybridized carbons (Fsp3) is 0.500. The van der Waals surface area contributed by atoms with Gasteiger partial charge in [-0.1, -0.05) is 24.3 Å². The van der Waals surface area contributed by atoms with Crippen molar-refractivity contribution in [3.05, 3.63) is 35.4 Å². The van der Waals surface area contributed by atoms with Crippen LogP contribution >= 0.6 is 0 Å². The standard InChI is InChI=1S/C12H18N2/c1-14(2)9-10-3-5-11(6-4-10)12-7-8-13-12/h3-6,12-13H,7-9H2,1-2H3. The molecule has 1 aliphatic heterocycles. The first kappa shape index (κ1) is 9.69. The van der Waals surface area contributed by atoms with E-state index in [1.165, 1.54) is 24.1 Å². The van der Waals surface area contributed by atoms with Crippen LogP contribution in [0.25, 0.3) is 0 Å². The molecule has 0 radical (unpaired) electrons. The lowest BCUT2D eigenvalue weighted by Gasteiger charge is -2.28. The highest BCUT2D eigenvalue weighted by atomic mass is 15.0. The van der Waals surface area contributed by atoms with E-state index in [2.05, 4.69) is 48.6 Å². The molecule has 2 nitrogen and oxygen atoms in total. The van der Waals surface area contributed by atoms with E-state index < -0.39 is 0 Å². The summed E-state index contributed by atoms with van der Waals surface area (Å²) in [4.78, 5) is 2.19. The van der Waals surface area contributed by atoms with Gasteiger partial charge in [0.05, 0.1) is 0 Å². The SMILES string of the molecule is CN(C)Cc1ccc(C2CCN2)cc1. The molecule has 76 valence electrons. The monoisotopic (exact) mass is 190 g/mol. The average molecular weight is 190 g/mol. The normalized spacial score (nSPS) is 20.9. The predicted molar refractivity (Wildman–Crippen MR) is 59.2 cm³/mol. The van der Waals surface area contributed by atoms with Gasteiger partial charge in [0.25, 0.3) is 0 Å². The Bertz CT molecular complexity index is 286. The van der Waals surface area contributed by atoms with Crippen LogP contribution in [0.15, 0.2) is 24.3 Å². The van der Waals surface area contributed by atoms with Gasteiger partial charge in [0.1, 0.15) is 0 Å². The van der Waals surface area contributed by atoms with Gasteiger partial charge >= 0.3 is 0 Å².